The van der Waals surface area contributed by atoms with Crippen LogP contribution in [0.5, 0.6) is 5.75 Å². The van der Waals surface area contributed by atoms with Gasteiger partial charge in [-0.2, -0.15) is 0 Å². The van der Waals surface area contributed by atoms with Crippen molar-refractivity contribution in [2.45, 2.75) is 32.6 Å². The number of hydrogen-bond acceptors (Lipinski definition) is 2. The van der Waals surface area contributed by atoms with Gasteiger partial charge in [-0.25, -0.2) is 0 Å². The van der Waals surface area contributed by atoms with Crippen molar-refractivity contribution >= 4 is 5.78 Å². The molecule has 0 atom stereocenters. The lowest BCUT2D eigenvalue weighted by Crippen LogP contribution is -2.18. The molecule has 0 aliphatic carbocycles. The molecular weight excluding hydrogens is 260 g/mol. The minimum atomic E-state index is -0.0301. The number of carbonyl (C=O) groups is 1. The van der Waals surface area contributed by atoms with Crippen LogP contribution in [0.25, 0.3) is 0 Å². The third-order valence-corrected chi connectivity index (χ3v) is 4.18. The van der Waals surface area contributed by atoms with E-state index in [2.05, 4.69) is 20.8 Å². The van der Waals surface area contributed by atoms with Crippen molar-refractivity contribution in [2.75, 3.05) is 6.61 Å². The molecule has 0 radical (unpaired) electrons. The zero-order valence-electron chi connectivity index (χ0n) is 12.8. The number of hydrogen-bond donors (Lipinski definition) is 0. The predicted octanol–water partition coefficient (Wildman–Crippen LogP) is 4.15. The molecule has 0 N–H and O–H groups in total. The first-order chi connectivity index (χ1) is 10.0. The molecule has 2 heteroatoms. The number of carbonyl (C=O) groups excluding carboxylic acids is 1. The first kappa shape index (κ1) is 13.9. The summed E-state index contributed by atoms with van der Waals surface area (Å²) >= 11 is 0. The molecule has 2 aromatic rings. The van der Waals surface area contributed by atoms with Crippen molar-refractivity contribution in [1.29, 1.82) is 0 Å². The van der Waals surface area contributed by atoms with Crippen LogP contribution in [0.15, 0.2) is 42.5 Å². The average Bonchev–Trinajstić information content (AvgIpc) is 2.82. The molecule has 0 saturated carbocycles. The van der Waals surface area contributed by atoms with E-state index >= 15 is 0 Å². The first-order valence-electron chi connectivity index (χ1n) is 7.42. The van der Waals surface area contributed by atoms with Gasteiger partial charge < -0.3 is 4.74 Å². The molecule has 1 heterocycles. The van der Waals surface area contributed by atoms with Crippen molar-refractivity contribution in [3.8, 4) is 5.75 Å². The largest absolute Gasteiger partial charge is 0.492 e. The second-order valence-electron chi connectivity index (χ2n) is 6.26. The fraction of sp³-hybridized carbons (Fsp3) is 0.316. The highest BCUT2D eigenvalue weighted by Crippen LogP contribution is 2.38. The second kappa shape index (κ2) is 5.03. The summed E-state index contributed by atoms with van der Waals surface area (Å²) in [4.78, 5) is 12.6. The standard InChI is InChI=1S/C19H20O2/c1-4-13-5-7-14(8-6-13)18(20)15-9-10-17-16(11-15)19(2,3)12-21-17/h5-11H,4,12H2,1-3H3. The van der Waals surface area contributed by atoms with Gasteiger partial charge in [0.2, 0.25) is 0 Å². The molecule has 0 bridgehead atoms. The number of benzene rings is 2. The Morgan fingerprint density at radius 2 is 1.76 bits per heavy atom. The minimum Gasteiger partial charge on any atom is -0.492 e. The van der Waals surface area contributed by atoms with Crippen molar-refractivity contribution in [1.82, 2.24) is 0 Å². The molecule has 0 aromatic heterocycles. The Morgan fingerprint density at radius 3 is 2.43 bits per heavy atom. The lowest BCUT2D eigenvalue weighted by Gasteiger charge is -2.15. The molecule has 0 unspecified atom stereocenters. The fourth-order valence-electron chi connectivity index (χ4n) is 2.72. The van der Waals surface area contributed by atoms with Gasteiger partial charge in [-0.3, -0.25) is 4.79 Å². The first-order valence-corrected chi connectivity index (χ1v) is 7.42. The Hall–Kier alpha value is -2.09. The monoisotopic (exact) mass is 280 g/mol. The van der Waals surface area contributed by atoms with Crippen LogP contribution in [-0.4, -0.2) is 12.4 Å². The molecule has 2 nitrogen and oxygen atoms in total. The van der Waals surface area contributed by atoms with Crippen LogP contribution < -0.4 is 4.74 Å². The minimum absolute atomic E-state index is 0.0301. The Bertz CT molecular complexity index is 681. The summed E-state index contributed by atoms with van der Waals surface area (Å²) in [6, 6.07) is 13.6. The van der Waals surface area contributed by atoms with E-state index in [0.29, 0.717) is 6.61 Å². The Morgan fingerprint density at radius 1 is 1.10 bits per heavy atom. The molecule has 108 valence electrons. The third-order valence-electron chi connectivity index (χ3n) is 4.18. The maximum atomic E-state index is 12.6. The lowest BCUT2D eigenvalue weighted by atomic mass is 9.85. The molecule has 0 amide bonds. The van der Waals surface area contributed by atoms with E-state index in [9.17, 15) is 4.79 Å². The molecule has 3 rings (SSSR count). The van der Waals surface area contributed by atoms with E-state index in [1.165, 1.54) is 5.56 Å². The van der Waals surface area contributed by atoms with E-state index in [-0.39, 0.29) is 11.2 Å². The number of ketones is 1. The second-order valence-corrected chi connectivity index (χ2v) is 6.26. The van der Waals surface area contributed by atoms with Gasteiger partial charge in [0.15, 0.2) is 5.78 Å². The molecule has 1 aliphatic heterocycles. The zero-order chi connectivity index (χ0) is 15.0. The summed E-state index contributed by atoms with van der Waals surface area (Å²) in [5.74, 6) is 0.973. The van der Waals surface area contributed by atoms with Crippen LogP contribution in [0, 0.1) is 0 Å². The summed E-state index contributed by atoms with van der Waals surface area (Å²) in [5.41, 5.74) is 3.81. The van der Waals surface area contributed by atoms with E-state index in [4.69, 9.17) is 4.74 Å². The van der Waals surface area contributed by atoms with Crippen LogP contribution in [0.4, 0.5) is 0 Å². The van der Waals surface area contributed by atoms with Crippen LogP contribution >= 0.6 is 0 Å². The highest BCUT2D eigenvalue weighted by atomic mass is 16.5. The summed E-state index contributed by atoms with van der Waals surface area (Å²) < 4.78 is 5.67. The van der Waals surface area contributed by atoms with Gasteiger partial charge in [0.05, 0.1) is 6.61 Å². The van der Waals surface area contributed by atoms with Gasteiger partial charge in [0.25, 0.3) is 0 Å². The Balaban J connectivity index is 1.95. The average molecular weight is 280 g/mol. The molecule has 2 aromatic carbocycles. The Kier molecular flexibility index (Phi) is 3.32. The summed E-state index contributed by atoms with van der Waals surface area (Å²) in [7, 11) is 0. The number of aryl methyl sites for hydroxylation is 1. The normalized spacial score (nSPS) is 15.4. The third kappa shape index (κ3) is 2.46. The van der Waals surface area contributed by atoms with Crippen molar-refractivity contribution in [3.05, 3.63) is 64.7 Å². The van der Waals surface area contributed by atoms with E-state index in [1.54, 1.807) is 0 Å². The van der Waals surface area contributed by atoms with Gasteiger partial charge in [-0.05, 0) is 30.2 Å². The van der Waals surface area contributed by atoms with Crippen LogP contribution in [0.2, 0.25) is 0 Å². The number of fused-ring (bicyclic) bond motifs is 1. The molecule has 1 aliphatic rings. The van der Waals surface area contributed by atoms with Crippen molar-refractivity contribution in [2.24, 2.45) is 0 Å². The van der Waals surface area contributed by atoms with Gasteiger partial charge in [0, 0.05) is 22.1 Å². The van der Waals surface area contributed by atoms with Gasteiger partial charge >= 0.3 is 0 Å². The summed E-state index contributed by atoms with van der Waals surface area (Å²) in [5, 5.41) is 0. The predicted molar refractivity (Wildman–Crippen MR) is 84.2 cm³/mol. The number of rotatable bonds is 3. The quantitative estimate of drug-likeness (QED) is 0.789. The van der Waals surface area contributed by atoms with Gasteiger partial charge in [-0.1, -0.05) is 45.0 Å². The van der Waals surface area contributed by atoms with E-state index in [1.807, 2.05) is 42.5 Å². The summed E-state index contributed by atoms with van der Waals surface area (Å²) in [6.07, 6.45) is 0.985. The summed E-state index contributed by atoms with van der Waals surface area (Å²) in [6.45, 7) is 7.07. The smallest absolute Gasteiger partial charge is 0.193 e. The SMILES string of the molecule is CCc1ccc(C(=O)c2ccc3c(c2)C(C)(C)CO3)cc1. The lowest BCUT2D eigenvalue weighted by molar-refractivity contribution is 0.103. The van der Waals surface area contributed by atoms with Crippen LogP contribution in [-0.2, 0) is 11.8 Å². The molecular formula is C19H20O2. The van der Waals surface area contributed by atoms with Crippen LogP contribution in [0.3, 0.4) is 0 Å². The number of ether oxygens (including phenoxy) is 1. The zero-order valence-corrected chi connectivity index (χ0v) is 12.8. The highest BCUT2D eigenvalue weighted by molar-refractivity contribution is 6.09. The van der Waals surface area contributed by atoms with Gasteiger partial charge in [0.1, 0.15) is 5.75 Å². The molecule has 0 spiro atoms. The maximum absolute atomic E-state index is 12.6. The topological polar surface area (TPSA) is 26.3 Å². The van der Waals surface area contributed by atoms with E-state index in [0.717, 1.165) is 28.9 Å². The van der Waals surface area contributed by atoms with Crippen molar-refractivity contribution < 1.29 is 9.53 Å². The molecule has 0 saturated heterocycles. The molecule has 21 heavy (non-hydrogen) atoms. The van der Waals surface area contributed by atoms with Crippen LogP contribution in [0.1, 0.15) is 47.8 Å². The molecule has 0 fully saturated rings. The van der Waals surface area contributed by atoms with E-state index < -0.39 is 0 Å². The fourth-order valence-corrected chi connectivity index (χ4v) is 2.72. The van der Waals surface area contributed by atoms with Crippen molar-refractivity contribution in [3.63, 3.8) is 0 Å². The highest BCUT2D eigenvalue weighted by Gasteiger charge is 2.32. The maximum Gasteiger partial charge on any atom is 0.193 e. The van der Waals surface area contributed by atoms with Gasteiger partial charge in [-0.15, -0.1) is 0 Å². The Labute approximate surface area is 125 Å².